The standard InChI is InChI=1S/C46H59N7O5/c1-30(2)41-31(3)17-18-32-19-22-35-23-24-40(47-39(35)28-32)51(7)50-42(54)37-16-12-26-53(49-37)44(56)38(48-43(41)55)15-10-11-25-52(45(57)58-46(4,5)6)29-33-20-21-34-13-8-9-14-36(34)27-33/h8-9,13-14,17-24,27-28,30-31,37-38,41,49H,10-12,15-16,25-26,29H2,1-7H3,(H,48,55)(H,50,54)/b18-17+. The highest BCUT2D eigenvalue weighted by Crippen LogP contribution is 2.26. The quantitative estimate of drug-likeness (QED) is 0.158. The summed E-state index contributed by atoms with van der Waals surface area (Å²) in [7, 11) is 1.75. The molecule has 3 heterocycles. The Bertz CT molecular complexity index is 2150. The van der Waals surface area contributed by atoms with Crippen LogP contribution in [-0.2, 0) is 25.7 Å². The van der Waals surface area contributed by atoms with E-state index in [9.17, 15) is 19.2 Å². The molecule has 4 unspecified atom stereocenters. The van der Waals surface area contributed by atoms with Gasteiger partial charge in [0.1, 0.15) is 23.5 Å². The zero-order valence-corrected chi connectivity index (χ0v) is 35.0. The first kappa shape index (κ1) is 42.1. The molecular weight excluding hydrogens is 731 g/mol. The average molecular weight is 790 g/mol. The number of ether oxygens (including phenoxy) is 1. The van der Waals surface area contributed by atoms with Crippen molar-refractivity contribution in [2.75, 3.05) is 25.1 Å². The largest absolute Gasteiger partial charge is 0.444 e. The van der Waals surface area contributed by atoms with E-state index in [4.69, 9.17) is 9.72 Å². The molecule has 0 saturated carbocycles. The zero-order chi connectivity index (χ0) is 41.6. The number of nitrogens with zero attached hydrogens (tertiary/aromatic N) is 4. The zero-order valence-electron chi connectivity index (χ0n) is 35.0. The number of pyridine rings is 1. The maximum Gasteiger partial charge on any atom is 0.410 e. The lowest BCUT2D eigenvalue weighted by molar-refractivity contribution is -0.144. The number of hydrogen-bond acceptors (Lipinski definition) is 8. The number of nitrogens with one attached hydrogen (secondary N) is 3. The van der Waals surface area contributed by atoms with Crippen molar-refractivity contribution in [3.63, 3.8) is 0 Å². The Hall–Kier alpha value is -5.49. The van der Waals surface area contributed by atoms with Gasteiger partial charge in [0.2, 0.25) is 5.91 Å². The number of fused-ring (bicyclic) bond motifs is 5. The van der Waals surface area contributed by atoms with Crippen molar-refractivity contribution in [1.82, 2.24) is 31.1 Å². The SMILES string of the molecule is CC(C)C1C(=O)NC(CCCCN(Cc2ccc3ccccc3c2)C(=O)OC(C)(C)C)C(=O)N2CCCC(N2)C(=O)NN(C)c2ccc3ccc(cc3n2)/C=C/C1C. The molecule has 0 aliphatic carbocycles. The van der Waals surface area contributed by atoms with Crippen molar-refractivity contribution in [2.45, 2.75) is 97.9 Å². The van der Waals surface area contributed by atoms with Gasteiger partial charge in [0, 0.05) is 38.0 Å². The average Bonchev–Trinajstić information content (AvgIpc) is 3.19. The van der Waals surface area contributed by atoms with Crippen molar-refractivity contribution in [2.24, 2.45) is 17.8 Å². The molecule has 1 saturated heterocycles. The Labute approximate surface area is 342 Å². The number of carbonyl (C=O) groups is 4. The van der Waals surface area contributed by atoms with Crippen LogP contribution in [0.2, 0.25) is 0 Å². The highest BCUT2D eigenvalue weighted by atomic mass is 16.6. The molecule has 2 aliphatic rings. The molecule has 4 atom stereocenters. The first-order valence-corrected chi connectivity index (χ1v) is 20.6. The van der Waals surface area contributed by atoms with Crippen LogP contribution in [0.15, 0.2) is 78.9 Å². The van der Waals surface area contributed by atoms with Gasteiger partial charge in [-0.1, -0.05) is 81.5 Å². The summed E-state index contributed by atoms with van der Waals surface area (Å²) in [4.78, 5) is 62.3. The number of rotatable bonds is 8. The smallest absolute Gasteiger partial charge is 0.410 e. The molecule has 4 amide bonds. The van der Waals surface area contributed by atoms with E-state index in [1.165, 1.54) is 5.01 Å². The molecule has 1 aromatic heterocycles. The summed E-state index contributed by atoms with van der Waals surface area (Å²) in [6.07, 6.45) is 6.25. The van der Waals surface area contributed by atoms with Gasteiger partial charge >= 0.3 is 6.09 Å². The Morgan fingerprint density at radius 1 is 0.948 bits per heavy atom. The van der Waals surface area contributed by atoms with Crippen LogP contribution >= 0.6 is 0 Å². The summed E-state index contributed by atoms with van der Waals surface area (Å²) >= 11 is 0. The Balaban J connectivity index is 1.23. The van der Waals surface area contributed by atoms with E-state index < -0.39 is 29.7 Å². The Morgan fingerprint density at radius 2 is 1.69 bits per heavy atom. The van der Waals surface area contributed by atoms with Gasteiger partial charge in [0.25, 0.3) is 11.8 Å². The van der Waals surface area contributed by atoms with Crippen molar-refractivity contribution >= 4 is 57.4 Å². The lowest BCUT2D eigenvalue weighted by Gasteiger charge is -2.36. The summed E-state index contributed by atoms with van der Waals surface area (Å²) in [5.41, 5.74) is 8.14. The lowest BCUT2D eigenvalue weighted by atomic mass is 9.83. The number of hydrazine groups is 2. The third kappa shape index (κ3) is 10.7. The highest BCUT2D eigenvalue weighted by molar-refractivity contribution is 5.90. The number of allylic oxidation sites excluding steroid dienone is 1. The lowest BCUT2D eigenvalue weighted by Crippen LogP contribution is -2.62. The highest BCUT2D eigenvalue weighted by Gasteiger charge is 2.35. The van der Waals surface area contributed by atoms with Crippen LogP contribution in [0.5, 0.6) is 0 Å². The van der Waals surface area contributed by atoms with Crippen LogP contribution in [0.3, 0.4) is 0 Å². The fraction of sp³-hybridized carbons (Fsp3) is 0.457. The van der Waals surface area contributed by atoms with Crippen LogP contribution in [0.4, 0.5) is 10.6 Å². The van der Waals surface area contributed by atoms with E-state index in [0.29, 0.717) is 57.6 Å². The van der Waals surface area contributed by atoms with Gasteiger partial charge in [-0.25, -0.2) is 15.2 Å². The molecule has 12 nitrogen and oxygen atoms in total. The molecule has 12 heteroatoms. The van der Waals surface area contributed by atoms with Crippen LogP contribution < -0.4 is 21.2 Å². The molecule has 2 aliphatic heterocycles. The topological polar surface area (TPSA) is 136 Å². The van der Waals surface area contributed by atoms with Gasteiger partial charge in [-0.15, -0.1) is 0 Å². The minimum atomic E-state index is -0.854. The van der Waals surface area contributed by atoms with Gasteiger partial charge in [-0.3, -0.25) is 29.8 Å². The van der Waals surface area contributed by atoms with E-state index in [0.717, 1.165) is 32.8 Å². The van der Waals surface area contributed by atoms with Crippen LogP contribution in [0, 0.1) is 17.8 Å². The summed E-state index contributed by atoms with van der Waals surface area (Å²) in [5, 5.41) is 9.42. The van der Waals surface area contributed by atoms with E-state index >= 15 is 0 Å². The van der Waals surface area contributed by atoms with Crippen LogP contribution in [0.25, 0.3) is 27.8 Å². The van der Waals surface area contributed by atoms with Gasteiger partial charge < -0.3 is 15.0 Å². The molecule has 0 radical (unpaired) electrons. The number of anilines is 1. The maximum absolute atomic E-state index is 14.4. The second kappa shape index (κ2) is 18.4. The molecule has 0 spiro atoms. The number of amides is 4. The predicted molar refractivity (Wildman–Crippen MR) is 229 cm³/mol. The summed E-state index contributed by atoms with van der Waals surface area (Å²) in [5.74, 6) is -0.784. The van der Waals surface area contributed by atoms with Crippen molar-refractivity contribution < 1.29 is 23.9 Å². The molecule has 308 valence electrons. The van der Waals surface area contributed by atoms with Gasteiger partial charge in [0.05, 0.1) is 5.52 Å². The number of carbonyl (C=O) groups excluding carboxylic acids is 4. The molecular formula is C46H59N7O5. The minimum Gasteiger partial charge on any atom is -0.444 e. The molecule has 1 fully saturated rings. The Kier molecular flexibility index (Phi) is 13.4. The van der Waals surface area contributed by atoms with E-state index in [1.54, 1.807) is 17.0 Å². The monoisotopic (exact) mass is 789 g/mol. The van der Waals surface area contributed by atoms with E-state index in [2.05, 4.69) is 40.4 Å². The van der Waals surface area contributed by atoms with Crippen LogP contribution in [0.1, 0.15) is 84.8 Å². The number of aromatic nitrogens is 1. The van der Waals surface area contributed by atoms with Gasteiger partial charge in [-0.05, 0) is 111 Å². The van der Waals surface area contributed by atoms with Gasteiger partial charge in [-0.2, -0.15) is 0 Å². The van der Waals surface area contributed by atoms with E-state index in [-0.39, 0.29) is 29.6 Å². The summed E-state index contributed by atoms with van der Waals surface area (Å²) in [6.45, 7) is 12.8. The van der Waals surface area contributed by atoms with Gasteiger partial charge in [0.15, 0.2) is 0 Å². The van der Waals surface area contributed by atoms with Crippen molar-refractivity contribution in [3.8, 4) is 0 Å². The minimum absolute atomic E-state index is 0.0143. The number of hydrogen-bond donors (Lipinski definition) is 3. The third-order valence-electron chi connectivity index (χ3n) is 10.9. The fourth-order valence-corrected chi connectivity index (χ4v) is 7.86. The molecule has 6 rings (SSSR count). The number of benzene rings is 3. The first-order valence-electron chi connectivity index (χ1n) is 20.6. The fourth-order valence-electron chi connectivity index (χ4n) is 7.86. The second-order valence-electron chi connectivity index (χ2n) is 17.1. The predicted octanol–water partition coefficient (Wildman–Crippen LogP) is 7.38. The second-order valence-corrected chi connectivity index (χ2v) is 17.1. The van der Waals surface area contributed by atoms with E-state index in [1.807, 2.05) is 102 Å². The normalized spacial score (nSPS) is 21.4. The molecule has 3 aromatic carbocycles. The summed E-state index contributed by atoms with van der Waals surface area (Å²) < 4.78 is 5.82. The maximum atomic E-state index is 14.4. The molecule has 3 N–H and O–H groups in total. The third-order valence-corrected chi connectivity index (χ3v) is 10.9. The molecule has 58 heavy (non-hydrogen) atoms. The first-order chi connectivity index (χ1) is 27.6. The summed E-state index contributed by atoms with van der Waals surface area (Å²) in [6, 6.07) is 22.6. The van der Waals surface area contributed by atoms with Crippen molar-refractivity contribution in [3.05, 3.63) is 90.0 Å². The van der Waals surface area contributed by atoms with Crippen LogP contribution in [-0.4, -0.2) is 76.5 Å². The molecule has 4 aromatic rings. The number of unbranched alkanes of at least 4 members (excludes halogenated alkanes) is 1. The Morgan fingerprint density at radius 3 is 2.45 bits per heavy atom. The molecule has 5 bridgehead atoms. The van der Waals surface area contributed by atoms with Crippen molar-refractivity contribution in [1.29, 1.82) is 0 Å².